The number of Topliss-reactive ketones (excluding diaryl/α,β-unsaturated/α-hetero) is 1. The van der Waals surface area contributed by atoms with Crippen molar-refractivity contribution in [3.8, 4) is 0 Å². The van der Waals surface area contributed by atoms with Gasteiger partial charge in [-0.1, -0.05) is 6.92 Å². The molecule has 1 spiro atoms. The molecule has 8 unspecified atom stereocenters. The van der Waals surface area contributed by atoms with Crippen LogP contribution in [0, 0.1) is 40.4 Å². The average molecular weight is 406 g/mol. The molecule has 5 aliphatic rings. The van der Waals surface area contributed by atoms with Crippen LogP contribution in [0.5, 0.6) is 0 Å². The number of carbonyl (C=O) groups is 4. The van der Waals surface area contributed by atoms with Gasteiger partial charge in [0.25, 0.3) is 0 Å². The standard InChI is InChI=1S/C22H30O7/c1-11(23)29-21(3)7-4-6-20(2)13(21)10-15(24)22-8-5-12(9-14(20)22)16(18(25)26)17(22)19(27)28/h12-14,16-17H,4-10H2,1-3H3,(H,25,26)(H,27,28). The van der Waals surface area contributed by atoms with Gasteiger partial charge in [0.05, 0.1) is 11.8 Å². The molecule has 0 aromatic rings. The third kappa shape index (κ3) is 2.55. The van der Waals surface area contributed by atoms with Gasteiger partial charge in [0.2, 0.25) is 0 Å². The monoisotopic (exact) mass is 406 g/mol. The molecule has 160 valence electrons. The summed E-state index contributed by atoms with van der Waals surface area (Å²) in [6, 6.07) is 0. The van der Waals surface area contributed by atoms with E-state index in [1.807, 2.05) is 6.92 Å². The number of ketones is 1. The molecule has 0 heterocycles. The second-order valence-electron chi connectivity index (χ2n) is 10.3. The quantitative estimate of drug-likeness (QED) is 0.692. The van der Waals surface area contributed by atoms with Crippen molar-refractivity contribution in [3.05, 3.63) is 0 Å². The SMILES string of the molecule is CC(=O)OC1(C)CCCC2(C)C1CC(=O)C13CCC(CC21)C(C(=O)O)C3C(=O)O. The fraction of sp³-hybridized carbons (Fsp3) is 0.818. The van der Waals surface area contributed by atoms with Crippen LogP contribution in [-0.4, -0.2) is 39.5 Å². The maximum Gasteiger partial charge on any atom is 0.308 e. The van der Waals surface area contributed by atoms with Gasteiger partial charge in [-0.05, 0) is 62.7 Å². The van der Waals surface area contributed by atoms with E-state index in [-0.39, 0.29) is 41.3 Å². The molecule has 0 amide bonds. The Labute approximate surface area is 170 Å². The molecule has 5 aliphatic carbocycles. The van der Waals surface area contributed by atoms with Crippen LogP contribution in [0.15, 0.2) is 0 Å². The van der Waals surface area contributed by atoms with Crippen molar-refractivity contribution in [2.24, 2.45) is 40.4 Å². The van der Waals surface area contributed by atoms with Crippen LogP contribution in [-0.2, 0) is 23.9 Å². The molecule has 8 atom stereocenters. The first kappa shape index (κ1) is 20.4. The highest BCUT2D eigenvalue weighted by Gasteiger charge is 2.73. The predicted octanol–water partition coefficient (Wildman–Crippen LogP) is 2.91. The van der Waals surface area contributed by atoms with Gasteiger partial charge < -0.3 is 14.9 Å². The number of fused-ring (bicyclic) bond motifs is 3. The van der Waals surface area contributed by atoms with Crippen molar-refractivity contribution in [2.45, 2.75) is 71.3 Å². The second-order valence-corrected chi connectivity index (χ2v) is 10.3. The zero-order valence-electron chi connectivity index (χ0n) is 17.3. The molecule has 29 heavy (non-hydrogen) atoms. The number of hydrogen-bond acceptors (Lipinski definition) is 5. The van der Waals surface area contributed by atoms with E-state index in [2.05, 4.69) is 6.92 Å². The molecular formula is C22H30O7. The van der Waals surface area contributed by atoms with E-state index in [1.165, 1.54) is 6.92 Å². The number of carbonyl (C=O) groups excluding carboxylic acids is 2. The van der Waals surface area contributed by atoms with Gasteiger partial charge in [-0.25, -0.2) is 0 Å². The van der Waals surface area contributed by atoms with Crippen molar-refractivity contribution in [1.82, 2.24) is 0 Å². The number of carboxylic acid groups (broad SMARTS) is 2. The minimum atomic E-state index is -1.18. The van der Waals surface area contributed by atoms with E-state index in [1.54, 1.807) is 0 Å². The average Bonchev–Trinajstić information content (AvgIpc) is 2.62. The molecule has 5 rings (SSSR count). The van der Waals surface area contributed by atoms with E-state index in [0.717, 1.165) is 12.8 Å². The highest BCUT2D eigenvalue weighted by atomic mass is 16.6. The van der Waals surface area contributed by atoms with E-state index < -0.39 is 34.8 Å². The number of esters is 1. The summed E-state index contributed by atoms with van der Waals surface area (Å²) in [5.74, 6) is -5.56. The van der Waals surface area contributed by atoms with E-state index in [4.69, 9.17) is 4.74 Å². The maximum absolute atomic E-state index is 13.7. The summed E-state index contributed by atoms with van der Waals surface area (Å²) in [4.78, 5) is 49.8. The lowest BCUT2D eigenvalue weighted by Crippen LogP contribution is -2.70. The van der Waals surface area contributed by atoms with Gasteiger partial charge >= 0.3 is 17.9 Å². The number of carboxylic acids is 2. The maximum atomic E-state index is 13.7. The van der Waals surface area contributed by atoms with Gasteiger partial charge in [-0.3, -0.25) is 19.2 Å². The third-order valence-corrected chi connectivity index (χ3v) is 9.07. The second kappa shape index (κ2) is 6.29. The first-order valence-corrected chi connectivity index (χ1v) is 10.7. The number of aliphatic carboxylic acids is 2. The predicted molar refractivity (Wildman–Crippen MR) is 101 cm³/mol. The van der Waals surface area contributed by atoms with Crippen LogP contribution in [0.4, 0.5) is 0 Å². The minimum absolute atomic E-state index is 0.137. The topological polar surface area (TPSA) is 118 Å². The molecule has 0 aromatic heterocycles. The lowest BCUT2D eigenvalue weighted by atomic mass is 9.34. The Morgan fingerprint density at radius 3 is 2.31 bits per heavy atom. The third-order valence-electron chi connectivity index (χ3n) is 9.07. The van der Waals surface area contributed by atoms with E-state index in [0.29, 0.717) is 25.7 Å². The summed E-state index contributed by atoms with van der Waals surface area (Å²) in [7, 11) is 0. The van der Waals surface area contributed by atoms with Crippen molar-refractivity contribution in [3.63, 3.8) is 0 Å². The molecule has 7 nitrogen and oxygen atoms in total. The smallest absolute Gasteiger partial charge is 0.308 e. The number of ether oxygens (including phenoxy) is 1. The summed E-state index contributed by atoms with van der Waals surface area (Å²) in [6.07, 6.45) is 4.11. The Hall–Kier alpha value is -1.92. The Morgan fingerprint density at radius 2 is 1.72 bits per heavy atom. The largest absolute Gasteiger partial charge is 0.481 e. The zero-order chi connectivity index (χ0) is 21.4. The van der Waals surface area contributed by atoms with Crippen molar-refractivity contribution in [2.75, 3.05) is 0 Å². The Balaban J connectivity index is 1.83. The molecule has 7 heteroatoms. The fourth-order valence-corrected chi connectivity index (χ4v) is 8.16. The molecule has 0 aromatic carbocycles. The van der Waals surface area contributed by atoms with Gasteiger partial charge in [0, 0.05) is 24.7 Å². The van der Waals surface area contributed by atoms with Crippen molar-refractivity contribution in [1.29, 1.82) is 0 Å². The summed E-state index contributed by atoms with van der Waals surface area (Å²) < 4.78 is 5.75. The van der Waals surface area contributed by atoms with Gasteiger partial charge in [0.1, 0.15) is 11.4 Å². The van der Waals surface area contributed by atoms with E-state index in [9.17, 15) is 29.4 Å². The van der Waals surface area contributed by atoms with Crippen LogP contribution in [0.25, 0.3) is 0 Å². The van der Waals surface area contributed by atoms with Crippen molar-refractivity contribution < 1.29 is 34.1 Å². The van der Waals surface area contributed by atoms with E-state index >= 15 is 0 Å². The Bertz CT molecular complexity index is 790. The minimum Gasteiger partial charge on any atom is -0.481 e. The van der Waals surface area contributed by atoms with Gasteiger partial charge in [-0.2, -0.15) is 0 Å². The summed E-state index contributed by atoms with van der Waals surface area (Å²) in [5, 5.41) is 19.8. The van der Waals surface area contributed by atoms with Crippen LogP contribution >= 0.6 is 0 Å². The van der Waals surface area contributed by atoms with Crippen LogP contribution < -0.4 is 0 Å². The Kier molecular flexibility index (Phi) is 4.41. The van der Waals surface area contributed by atoms with Crippen LogP contribution in [0.2, 0.25) is 0 Å². The summed E-state index contributed by atoms with van der Waals surface area (Å²) >= 11 is 0. The summed E-state index contributed by atoms with van der Waals surface area (Å²) in [6.45, 7) is 5.40. The fourth-order valence-electron chi connectivity index (χ4n) is 8.16. The highest BCUT2D eigenvalue weighted by molar-refractivity contribution is 5.94. The van der Waals surface area contributed by atoms with Gasteiger partial charge in [0.15, 0.2) is 0 Å². The Morgan fingerprint density at radius 1 is 1.03 bits per heavy atom. The molecule has 2 N–H and O–H groups in total. The molecule has 0 saturated heterocycles. The summed E-state index contributed by atoms with van der Waals surface area (Å²) in [5.41, 5.74) is -2.23. The van der Waals surface area contributed by atoms with Crippen LogP contribution in [0.3, 0.4) is 0 Å². The highest BCUT2D eigenvalue weighted by Crippen LogP contribution is 2.71. The lowest BCUT2D eigenvalue weighted by Gasteiger charge is -2.68. The molecule has 5 fully saturated rings. The molecule has 0 radical (unpaired) electrons. The number of hydrogen-bond donors (Lipinski definition) is 2. The van der Waals surface area contributed by atoms with Gasteiger partial charge in [-0.15, -0.1) is 0 Å². The zero-order valence-corrected chi connectivity index (χ0v) is 17.3. The first-order chi connectivity index (χ1) is 13.5. The normalized spacial score (nSPS) is 48.4. The first-order valence-electron chi connectivity index (χ1n) is 10.7. The lowest BCUT2D eigenvalue weighted by molar-refractivity contribution is -0.236. The molecule has 5 saturated carbocycles. The number of rotatable bonds is 3. The van der Waals surface area contributed by atoms with Crippen LogP contribution in [0.1, 0.15) is 65.7 Å². The molecular weight excluding hydrogens is 376 g/mol. The van der Waals surface area contributed by atoms with Crippen molar-refractivity contribution >= 4 is 23.7 Å². The molecule has 0 aliphatic heterocycles. The molecule has 2 bridgehead atoms.